The van der Waals surface area contributed by atoms with E-state index in [1.165, 1.54) is 0 Å². The maximum Gasteiger partial charge on any atom is 0.308 e. The largest absolute Gasteiger partial charge is 0.481 e. The second-order valence-electron chi connectivity index (χ2n) is 5.46. The summed E-state index contributed by atoms with van der Waals surface area (Å²) >= 11 is 1.60. The molecule has 0 spiro atoms. The van der Waals surface area contributed by atoms with Crippen LogP contribution in [0.2, 0.25) is 0 Å². The molecule has 0 aromatic rings. The standard InChI is InChI=1S/C12H21NO3S/c1-8-9(11(15)16)5-6-13(8)10(14)7-17-12(2,3)4/h8-9H,5-7H2,1-4H3,(H,15,16). The fourth-order valence-electron chi connectivity index (χ4n) is 1.98. The number of carboxylic acid groups (broad SMARTS) is 1. The van der Waals surface area contributed by atoms with Crippen LogP contribution in [0.1, 0.15) is 34.1 Å². The van der Waals surface area contributed by atoms with Crippen LogP contribution in [-0.4, -0.2) is 45.0 Å². The molecule has 2 atom stereocenters. The van der Waals surface area contributed by atoms with Crippen molar-refractivity contribution in [2.45, 2.75) is 44.9 Å². The summed E-state index contributed by atoms with van der Waals surface area (Å²) in [7, 11) is 0. The summed E-state index contributed by atoms with van der Waals surface area (Å²) in [6.45, 7) is 8.60. The summed E-state index contributed by atoms with van der Waals surface area (Å²) in [5.74, 6) is -0.712. The highest BCUT2D eigenvalue weighted by Gasteiger charge is 2.38. The van der Waals surface area contributed by atoms with E-state index in [9.17, 15) is 9.59 Å². The zero-order valence-electron chi connectivity index (χ0n) is 10.9. The number of hydrogen-bond donors (Lipinski definition) is 1. The summed E-state index contributed by atoms with van der Waals surface area (Å²) in [5, 5.41) is 9.00. The minimum absolute atomic E-state index is 0.0566. The van der Waals surface area contributed by atoms with Crippen LogP contribution in [0.25, 0.3) is 0 Å². The van der Waals surface area contributed by atoms with E-state index in [4.69, 9.17) is 5.11 Å². The van der Waals surface area contributed by atoms with Gasteiger partial charge in [0.1, 0.15) is 0 Å². The summed E-state index contributed by atoms with van der Waals surface area (Å²) in [6.07, 6.45) is 0.572. The molecule has 1 rings (SSSR count). The van der Waals surface area contributed by atoms with E-state index >= 15 is 0 Å². The average molecular weight is 259 g/mol. The highest BCUT2D eigenvalue weighted by molar-refractivity contribution is 8.01. The van der Waals surface area contributed by atoms with Crippen molar-refractivity contribution in [3.05, 3.63) is 0 Å². The van der Waals surface area contributed by atoms with Crippen LogP contribution in [0.3, 0.4) is 0 Å². The van der Waals surface area contributed by atoms with Crippen molar-refractivity contribution in [1.82, 2.24) is 4.90 Å². The normalized spacial score (nSPS) is 25.1. The Morgan fingerprint density at radius 1 is 1.41 bits per heavy atom. The van der Waals surface area contributed by atoms with Crippen molar-refractivity contribution in [2.24, 2.45) is 5.92 Å². The minimum Gasteiger partial charge on any atom is -0.481 e. The molecular formula is C12H21NO3S. The Morgan fingerprint density at radius 2 is 2.00 bits per heavy atom. The van der Waals surface area contributed by atoms with Gasteiger partial charge in [0, 0.05) is 17.3 Å². The maximum absolute atomic E-state index is 12.0. The zero-order chi connectivity index (χ0) is 13.2. The molecule has 17 heavy (non-hydrogen) atoms. The van der Waals surface area contributed by atoms with E-state index in [1.54, 1.807) is 16.7 Å². The number of nitrogens with zero attached hydrogens (tertiary/aromatic N) is 1. The molecule has 5 heteroatoms. The Kier molecular flexibility index (Phi) is 4.47. The number of carboxylic acids is 1. The molecule has 2 unspecified atom stereocenters. The number of likely N-dealkylation sites (tertiary alicyclic amines) is 1. The lowest BCUT2D eigenvalue weighted by Crippen LogP contribution is -2.39. The molecule has 1 heterocycles. The molecule has 1 fully saturated rings. The molecule has 0 radical (unpaired) electrons. The highest BCUT2D eigenvalue weighted by atomic mass is 32.2. The number of amides is 1. The number of thioether (sulfide) groups is 1. The van der Waals surface area contributed by atoms with E-state index in [-0.39, 0.29) is 16.7 Å². The molecule has 0 saturated carbocycles. The molecule has 1 aliphatic rings. The molecule has 1 amide bonds. The van der Waals surface area contributed by atoms with Gasteiger partial charge in [-0.2, -0.15) is 0 Å². The van der Waals surface area contributed by atoms with Crippen LogP contribution in [-0.2, 0) is 9.59 Å². The Balaban J connectivity index is 2.52. The molecule has 0 bridgehead atoms. The van der Waals surface area contributed by atoms with Gasteiger partial charge >= 0.3 is 5.97 Å². The Bertz CT molecular complexity index is 311. The molecule has 1 aliphatic heterocycles. The number of hydrogen-bond acceptors (Lipinski definition) is 3. The number of carbonyl (C=O) groups is 2. The number of rotatable bonds is 3. The van der Waals surface area contributed by atoms with Crippen LogP contribution in [0.4, 0.5) is 0 Å². The Hall–Kier alpha value is -0.710. The zero-order valence-corrected chi connectivity index (χ0v) is 11.7. The van der Waals surface area contributed by atoms with Crippen molar-refractivity contribution in [3.63, 3.8) is 0 Å². The van der Waals surface area contributed by atoms with E-state index in [2.05, 4.69) is 20.8 Å². The van der Waals surface area contributed by atoms with Crippen LogP contribution in [0, 0.1) is 5.92 Å². The van der Waals surface area contributed by atoms with Crippen molar-refractivity contribution in [2.75, 3.05) is 12.3 Å². The van der Waals surface area contributed by atoms with Crippen molar-refractivity contribution < 1.29 is 14.7 Å². The molecule has 0 aromatic heterocycles. The lowest BCUT2D eigenvalue weighted by atomic mass is 10.0. The lowest BCUT2D eigenvalue weighted by molar-refractivity contribution is -0.142. The maximum atomic E-state index is 12.0. The summed E-state index contributed by atoms with van der Waals surface area (Å²) < 4.78 is 0.0603. The third-order valence-corrected chi connectivity index (χ3v) is 4.28. The van der Waals surface area contributed by atoms with Crippen LogP contribution < -0.4 is 0 Å². The van der Waals surface area contributed by atoms with Crippen molar-refractivity contribution in [1.29, 1.82) is 0 Å². The Labute approximate surface area is 107 Å². The molecule has 0 aliphatic carbocycles. The van der Waals surface area contributed by atoms with Crippen LogP contribution >= 0.6 is 11.8 Å². The molecule has 0 aromatic carbocycles. The second kappa shape index (κ2) is 5.29. The monoisotopic (exact) mass is 259 g/mol. The first-order valence-corrected chi connectivity index (χ1v) is 6.87. The first kappa shape index (κ1) is 14.4. The third kappa shape index (κ3) is 3.91. The Morgan fingerprint density at radius 3 is 2.41 bits per heavy atom. The first-order chi connectivity index (χ1) is 7.72. The van der Waals surface area contributed by atoms with Gasteiger partial charge in [-0.25, -0.2) is 0 Å². The first-order valence-electron chi connectivity index (χ1n) is 5.88. The van der Waals surface area contributed by atoms with Gasteiger partial charge in [0.05, 0.1) is 11.7 Å². The average Bonchev–Trinajstić information content (AvgIpc) is 2.55. The van der Waals surface area contributed by atoms with Gasteiger partial charge in [-0.1, -0.05) is 20.8 Å². The topological polar surface area (TPSA) is 57.6 Å². The molecular weight excluding hydrogens is 238 g/mol. The quantitative estimate of drug-likeness (QED) is 0.840. The summed E-state index contributed by atoms with van der Waals surface area (Å²) in [6, 6.07) is -0.180. The molecule has 98 valence electrons. The predicted molar refractivity (Wildman–Crippen MR) is 69.1 cm³/mol. The van der Waals surface area contributed by atoms with Gasteiger partial charge in [-0.15, -0.1) is 11.8 Å². The van der Waals surface area contributed by atoms with E-state index in [0.29, 0.717) is 18.7 Å². The van der Waals surface area contributed by atoms with Gasteiger partial charge < -0.3 is 10.0 Å². The van der Waals surface area contributed by atoms with Crippen molar-refractivity contribution >= 4 is 23.6 Å². The molecule has 1 saturated heterocycles. The smallest absolute Gasteiger partial charge is 0.308 e. The van der Waals surface area contributed by atoms with Gasteiger partial charge in [0.15, 0.2) is 0 Å². The van der Waals surface area contributed by atoms with Gasteiger partial charge in [-0.3, -0.25) is 9.59 Å². The SMILES string of the molecule is CC1C(C(=O)O)CCN1C(=O)CSC(C)(C)C. The van der Waals surface area contributed by atoms with Gasteiger partial charge in [0.25, 0.3) is 0 Å². The van der Waals surface area contributed by atoms with E-state index < -0.39 is 11.9 Å². The van der Waals surface area contributed by atoms with Gasteiger partial charge in [-0.05, 0) is 13.3 Å². The van der Waals surface area contributed by atoms with E-state index in [1.807, 2.05) is 6.92 Å². The lowest BCUT2D eigenvalue weighted by Gasteiger charge is -2.25. The summed E-state index contributed by atoms with van der Waals surface area (Å²) in [5.41, 5.74) is 0. The van der Waals surface area contributed by atoms with Gasteiger partial charge in [0.2, 0.25) is 5.91 Å². The molecule has 4 nitrogen and oxygen atoms in total. The highest BCUT2D eigenvalue weighted by Crippen LogP contribution is 2.28. The summed E-state index contributed by atoms with van der Waals surface area (Å²) in [4.78, 5) is 24.6. The fourth-order valence-corrected chi connectivity index (χ4v) is 2.71. The minimum atomic E-state index is -0.795. The third-order valence-electron chi connectivity index (χ3n) is 3.02. The predicted octanol–water partition coefficient (Wildman–Crippen LogP) is 1.84. The van der Waals surface area contributed by atoms with Crippen LogP contribution in [0.15, 0.2) is 0 Å². The van der Waals surface area contributed by atoms with E-state index in [0.717, 1.165) is 0 Å². The van der Waals surface area contributed by atoms with Crippen molar-refractivity contribution in [3.8, 4) is 0 Å². The number of aliphatic carboxylic acids is 1. The molecule has 1 N–H and O–H groups in total. The fraction of sp³-hybridized carbons (Fsp3) is 0.833. The second-order valence-corrected chi connectivity index (χ2v) is 7.26. The number of carbonyl (C=O) groups excluding carboxylic acids is 1. The van der Waals surface area contributed by atoms with Crippen LogP contribution in [0.5, 0.6) is 0 Å².